The topological polar surface area (TPSA) is 54.9 Å². The number of ether oxygens (including phenoxy) is 2. The van der Waals surface area contributed by atoms with Gasteiger partial charge in [0.2, 0.25) is 0 Å². The van der Waals surface area contributed by atoms with E-state index in [0.717, 1.165) is 70.3 Å². The minimum Gasteiger partial charge on any atom is -0.381 e. The van der Waals surface area contributed by atoms with Gasteiger partial charge in [0.05, 0.1) is 11.0 Å². The van der Waals surface area contributed by atoms with Crippen LogP contribution in [0.15, 0.2) is 27.7 Å². The number of hydrogen-bond acceptors (Lipinski definition) is 3. The lowest BCUT2D eigenvalue weighted by Gasteiger charge is -2.21. The van der Waals surface area contributed by atoms with Gasteiger partial charge in [0.1, 0.15) is 5.82 Å². The Labute approximate surface area is 163 Å². The quantitative estimate of drug-likeness (QED) is 0.358. The van der Waals surface area contributed by atoms with Gasteiger partial charge in [0.25, 0.3) is 0 Å². The predicted molar refractivity (Wildman–Crippen MR) is 106 cm³/mol. The summed E-state index contributed by atoms with van der Waals surface area (Å²) in [7, 11) is 0. The van der Waals surface area contributed by atoms with Crippen LogP contribution in [0.2, 0.25) is 0 Å². The van der Waals surface area contributed by atoms with E-state index in [1.807, 2.05) is 13.0 Å². The molecule has 0 aromatic heterocycles. The van der Waals surface area contributed by atoms with Gasteiger partial charge in [-0.05, 0) is 65.7 Å². The first kappa shape index (κ1) is 21.1. The molecule has 1 saturated heterocycles. The summed E-state index contributed by atoms with van der Waals surface area (Å²) < 4.78 is 25.1. The Kier molecular flexibility index (Phi) is 9.95. The molecule has 2 N–H and O–H groups in total. The van der Waals surface area contributed by atoms with Gasteiger partial charge in [-0.25, -0.2) is 9.38 Å². The molecule has 0 bridgehead atoms. The van der Waals surface area contributed by atoms with Crippen molar-refractivity contribution in [3.05, 3.63) is 34.1 Å². The zero-order chi connectivity index (χ0) is 18.6. The van der Waals surface area contributed by atoms with Crippen LogP contribution in [0.25, 0.3) is 0 Å². The van der Waals surface area contributed by atoms with Gasteiger partial charge in [-0.15, -0.1) is 0 Å². The van der Waals surface area contributed by atoms with Crippen LogP contribution in [0.3, 0.4) is 0 Å². The van der Waals surface area contributed by atoms with Crippen LogP contribution in [-0.2, 0) is 16.0 Å². The molecule has 7 heteroatoms. The van der Waals surface area contributed by atoms with Gasteiger partial charge < -0.3 is 20.1 Å². The van der Waals surface area contributed by atoms with Crippen molar-refractivity contribution in [3.8, 4) is 0 Å². The van der Waals surface area contributed by atoms with Crippen molar-refractivity contribution in [2.24, 2.45) is 10.9 Å². The fourth-order valence-electron chi connectivity index (χ4n) is 2.69. The molecule has 0 amide bonds. The number of nitrogens with zero attached hydrogens (tertiary/aromatic N) is 1. The summed E-state index contributed by atoms with van der Waals surface area (Å²) in [5.74, 6) is 1.11. The highest BCUT2D eigenvalue weighted by molar-refractivity contribution is 9.10. The van der Waals surface area contributed by atoms with Gasteiger partial charge in [0.15, 0.2) is 5.96 Å². The lowest BCUT2D eigenvalue weighted by atomic mass is 10.0. The van der Waals surface area contributed by atoms with Crippen molar-refractivity contribution >= 4 is 21.9 Å². The monoisotopic (exact) mass is 429 g/mol. The first-order valence-corrected chi connectivity index (χ1v) is 10.1. The zero-order valence-electron chi connectivity index (χ0n) is 15.4. The number of nitrogens with one attached hydrogen (secondary N) is 2. The van der Waals surface area contributed by atoms with Gasteiger partial charge in [-0.1, -0.05) is 6.07 Å². The number of aliphatic imine (C=N–C) groups is 1. The molecule has 1 aromatic rings. The molecule has 1 fully saturated rings. The molecule has 0 unspecified atom stereocenters. The van der Waals surface area contributed by atoms with Crippen LogP contribution in [0.5, 0.6) is 0 Å². The average Bonchev–Trinajstić information content (AvgIpc) is 2.66. The molecule has 5 nitrogen and oxygen atoms in total. The molecular weight excluding hydrogens is 401 g/mol. The Morgan fingerprint density at radius 2 is 2.15 bits per heavy atom. The lowest BCUT2D eigenvalue weighted by Crippen LogP contribution is -2.38. The molecule has 26 heavy (non-hydrogen) atoms. The van der Waals surface area contributed by atoms with Crippen LogP contribution < -0.4 is 10.6 Å². The first-order chi connectivity index (χ1) is 12.7. The second kappa shape index (κ2) is 12.3. The van der Waals surface area contributed by atoms with Crippen molar-refractivity contribution in [2.45, 2.75) is 32.7 Å². The summed E-state index contributed by atoms with van der Waals surface area (Å²) in [5, 5.41) is 6.49. The second-order valence-corrected chi connectivity index (χ2v) is 7.21. The number of guanidine groups is 1. The summed E-state index contributed by atoms with van der Waals surface area (Å²) in [6.45, 7) is 7.30. The van der Waals surface area contributed by atoms with E-state index in [2.05, 4.69) is 31.6 Å². The Morgan fingerprint density at radius 1 is 1.35 bits per heavy atom. The van der Waals surface area contributed by atoms with Crippen LogP contribution >= 0.6 is 15.9 Å². The van der Waals surface area contributed by atoms with Crippen molar-refractivity contribution in [1.29, 1.82) is 0 Å². The van der Waals surface area contributed by atoms with E-state index in [1.54, 1.807) is 6.07 Å². The molecule has 1 heterocycles. The summed E-state index contributed by atoms with van der Waals surface area (Å²) in [5.41, 5.74) is 0.836. The number of hydrogen-bond donors (Lipinski definition) is 2. The molecule has 0 radical (unpaired) electrons. The SMILES string of the molecule is CCNC(=NCc1ccc(Br)c(F)c1)NCCCOCC1CCOCC1. The molecule has 0 saturated carbocycles. The Hall–Kier alpha value is -1.18. The molecule has 2 rings (SSSR count). The summed E-state index contributed by atoms with van der Waals surface area (Å²) >= 11 is 3.16. The highest BCUT2D eigenvalue weighted by atomic mass is 79.9. The Bertz CT molecular complexity index is 566. The van der Waals surface area contributed by atoms with Crippen molar-refractivity contribution < 1.29 is 13.9 Å². The molecule has 1 aliphatic rings. The third kappa shape index (κ3) is 8.01. The minimum atomic E-state index is -0.266. The average molecular weight is 430 g/mol. The fourth-order valence-corrected chi connectivity index (χ4v) is 2.94. The first-order valence-electron chi connectivity index (χ1n) is 9.30. The van der Waals surface area contributed by atoms with Gasteiger partial charge >= 0.3 is 0 Å². The molecule has 146 valence electrons. The van der Waals surface area contributed by atoms with E-state index in [9.17, 15) is 4.39 Å². The Morgan fingerprint density at radius 3 is 2.88 bits per heavy atom. The van der Waals surface area contributed by atoms with Crippen molar-refractivity contribution in [1.82, 2.24) is 10.6 Å². The van der Waals surface area contributed by atoms with Crippen LogP contribution in [0, 0.1) is 11.7 Å². The van der Waals surface area contributed by atoms with Crippen molar-refractivity contribution in [2.75, 3.05) is 39.5 Å². The van der Waals surface area contributed by atoms with Crippen LogP contribution in [-0.4, -0.2) is 45.5 Å². The smallest absolute Gasteiger partial charge is 0.191 e. The Balaban J connectivity index is 1.65. The predicted octanol–water partition coefficient (Wildman–Crippen LogP) is 3.48. The largest absolute Gasteiger partial charge is 0.381 e. The zero-order valence-corrected chi connectivity index (χ0v) is 17.0. The standard InChI is InChI=1S/C19H29BrFN3O2/c1-2-22-19(24-13-16-4-5-17(20)18(21)12-16)23-8-3-9-26-14-15-6-10-25-11-7-15/h4-5,12,15H,2-3,6-11,13-14H2,1H3,(H2,22,23,24). The van der Waals surface area contributed by atoms with Crippen LogP contribution in [0.4, 0.5) is 4.39 Å². The normalized spacial score (nSPS) is 15.9. The van der Waals surface area contributed by atoms with E-state index >= 15 is 0 Å². The summed E-state index contributed by atoms with van der Waals surface area (Å²) in [6.07, 6.45) is 3.12. The maximum absolute atomic E-state index is 13.6. The van der Waals surface area contributed by atoms with Gasteiger partial charge in [0, 0.05) is 39.5 Å². The number of rotatable bonds is 9. The van der Waals surface area contributed by atoms with E-state index in [4.69, 9.17) is 9.47 Å². The minimum absolute atomic E-state index is 0.266. The molecular formula is C19H29BrFN3O2. The van der Waals surface area contributed by atoms with E-state index in [1.165, 1.54) is 6.07 Å². The molecule has 1 aliphatic heterocycles. The van der Waals surface area contributed by atoms with Crippen LogP contribution in [0.1, 0.15) is 31.7 Å². The molecule has 0 aliphatic carbocycles. The maximum atomic E-state index is 13.6. The summed E-state index contributed by atoms with van der Waals surface area (Å²) in [4.78, 5) is 4.50. The third-order valence-corrected chi connectivity index (χ3v) is 4.84. The lowest BCUT2D eigenvalue weighted by molar-refractivity contribution is 0.0203. The maximum Gasteiger partial charge on any atom is 0.191 e. The summed E-state index contributed by atoms with van der Waals surface area (Å²) in [6, 6.07) is 5.07. The van der Waals surface area contributed by atoms with Gasteiger partial charge in [-0.2, -0.15) is 0 Å². The molecule has 1 aromatic carbocycles. The second-order valence-electron chi connectivity index (χ2n) is 6.35. The fraction of sp³-hybridized carbons (Fsp3) is 0.632. The van der Waals surface area contributed by atoms with E-state index in [0.29, 0.717) is 16.9 Å². The molecule has 0 spiro atoms. The number of halogens is 2. The van der Waals surface area contributed by atoms with E-state index < -0.39 is 0 Å². The van der Waals surface area contributed by atoms with Gasteiger partial charge in [-0.3, -0.25) is 0 Å². The van der Waals surface area contributed by atoms with E-state index in [-0.39, 0.29) is 5.82 Å². The number of benzene rings is 1. The third-order valence-electron chi connectivity index (χ3n) is 4.20. The highest BCUT2D eigenvalue weighted by Gasteiger charge is 2.13. The highest BCUT2D eigenvalue weighted by Crippen LogP contribution is 2.17. The van der Waals surface area contributed by atoms with Crippen molar-refractivity contribution in [3.63, 3.8) is 0 Å². The molecule has 0 atom stereocenters.